The molecule has 1 aromatic rings. The summed E-state index contributed by atoms with van der Waals surface area (Å²) < 4.78 is 13.8. The molecule has 0 saturated carbocycles. The van der Waals surface area contributed by atoms with Gasteiger partial charge in [0.2, 0.25) is 0 Å². The van der Waals surface area contributed by atoms with Gasteiger partial charge in [-0.05, 0) is 57.7 Å². The van der Waals surface area contributed by atoms with E-state index in [9.17, 15) is 9.18 Å². The van der Waals surface area contributed by atoms with E-state index in [1.807, 2.05) is 7.05 Å². The molecule has 0 spiro atoms. The summed E-state index contributed by atoms with van der Waals surface area (Å²) in [5.74, 6) is -1.35. The van der Waals surface area contributed by atoms with E-state index >= 15 is 0 Å². The molecule has 1 fully saturated rings. The summed E-state index contributed by atoms with van der Waals surface area (Å²) in [6.07, 6.45) is 2.15. The third-order valence-corrected chi connectivity index (χ3v) is 4.34. The van der Waals surface area contributed by atoms with Crippen molar-refractivity contribution < 1.29 is 14.3 Å². The summed E-state index contributed by atoms with van der Waals surface area (Å²) in [5, 5.41) is 9.00. The lowest BCUT2D eigenvalue weighted by molar-refractivity contribution is 0.0696. The maximum atomic E-state index is 13.8. The number of benzene rings is 1. The Morgan fingerprint density at radius 1 is 1.43 bits per heavy atom. The molecular weight excluding hydrogens is 271 g/mol. The zero-order chi connectivity index (χ0) is 15.4. The Labute approximate surface area is 125 Å². The topological polar surface area (TPSA) is 43.8 Å². The van der Waals surface area contributed by atoms with Crippen LogP contribution in [-0.2, 0) is 6.54 Å². The van der Waals surface area contributed by atoms with Crippen molar-refractivity contribution >= 4 is 5.97 Å². The quantitative estimate of drug-likeness (QED) is 0.906. The van der Waals surface area contributed by atoms with Crippen LogP contribution in [0.3, 0.4) is 0 Å². The second-order valence-electron chi connectivity index (χ2n) is 5.69. The van der Waals surface area contributed by atoms with E-state index in [-0.39, 0.29) is 11.4 Å². The van der Waals surface area contributed by atoms with Crippen LogP contribution in [0.15, 0.2) is 18.2 Å². The van der Waals surface area contributed by atoms with E-state index in [2.05, 4.69) is 16.7 Å². The Morgan fingerprint density at radius 3 is 2.67 bits per heavy atom. The minimum atomic E-state index is -1.02. The summed E-state index contributed by atoms with van der Waals surface area (Å²) in [6, 6.07) is 4.42. The highest BCUT2D eigenvalue weighted by molar-refractivity contribution is 5.87. The number of carboxylic acid groups (broad SMARTS) is 1. The largest absolute Gasteiger partial charge is 0.478 e. The average Bonchev–Trinajstić information content (AvgIpc) is 2.49. The first-order chi connectivity index (χ1) is 10.0. The average molecular weight is 294 g/mol. The molecular formula is C16H23FN2O2. The van der Waals surface area contributed by atoms with Crippen molar-refractivity contribution in [3.8, 4) is 0 Å². The summed E-state index contributed by atoms with van der Waals surface area (Å²) in [6.45, 7) is 5.83. The minimum Gasteiger partial charge on any atom is -0.478 e. The van der Waals surface area contributed by atoms with Gasteiger partial charge in [-0.15, -0.1) is 0 Å². The molecule has 0 bridgehead atoms. The Balaban J connectivity index is 2.01. The molecule has 1 heterocycles. The number of carboxylic acids is 1. The van der Waals surface area contributed by atoms with Crippen LogP contribution in [0.5, 0.6) is 0 Å². The highest BCUT2D eigenvalue weighted by atomic mass is 19.1. The van der Waals surface area contributed by atoms with Gasteiger partial charge in [0.15, 0.2) is 0 Å². The number of hydrogen-bond acceptors (Lipinski definition) is 3. The number of halogens is 1. The zero-order valence-corrected chi connectivity index (χ0v) is 12.7. The van der Waals surface area contributed by atoms with Crippen LogP contribution in [0.1, 0.15) is 35.7 Å². The molecule has 1 N–H and O–H groups in total. The number of piperidine rings is 1. The van der Waals surface area contributed by atoms with Crippen LogP contribution in [0, 0.1) is 5.82 Å². The number of nitrogens with zero attached hydrogens (tertiary/aromatic N) is 2. The highest BCUT2D eigenvalue weighted by Gasteiger charge is 2.22. The molecule has 21 heavy (non-hydrogen) atoms. The van der Waals surface area contributed by atoms with E-state index in [0.717, 1.165) is 32.5 Å². The standard InChI is InChI=1S/C16H23FN2O2/c1-3-19-8-6-14(7-9-19)18(2)11-13-10-12(16(20)21)4-5-15(13)17/h4-5,10,14H,3,6-9,11H2,1-2H3,(H,20,21). The van der Waals surface area contributed by atoms with Gasteiger partial charge in [-0.25, -0.2) is 9.18 Å². The molecule has 1 saturated heterocycles. The van der Waals surface area contributed by atoms with Crippen molar-refractivity contribution in [2.75, 3.05) is 26.7 Å². The SMILES string of the molecule is CCN1CCC(N(C)Cc2cc(C(=O)O)ccc2F)CC1. The molecule has 0 aliphatic carbocycles. The molecule has 2 rings (SSSR count). The highest BCUT2D eigenvalue weighted by Crippen LogP contribution is 2.19. The first-order valence-electron chi connectivity index (χ1n) is 7.45. The van der Waals surface area contributed by atoms with Gasteiger partial charge in [0.25, 0.3) is 0 Å². The number of rotatable bonds is 5. The molecule has 1 aliphatic heterocycles. The maximum absolute atomic E-state index is 13.8. The molecule has 5 heteroatoms. The fourth-order valence-corrected chi connectivity index (χ4v) is 2.90. The Morgan fingerprint density at radius 2 is 2.10 bits per heavy atom. The number of likely N-dealkylation sites (tertiary alicyclic amines) is 1. The van der Waals surface area contributed by atoms with Crippen LogP contribution < -0.4 is 0 Å². The third-order valence-electron chi connectivity index (χ3n) is 4.34. The van der Waals surface area contributed by atoms with Gasteiger partial charge in [0.1, 0.15) is 5.82 Å². The second-order valence-corrected chi connectivity index (χ2v) is 5.69. The smallest absolute Gasteiger partial charge is 0.335 e. The van der Waals surface area contributed by atoms with Crippen LogP contribution in [-0.4, -0.2) is 53.6 Å². The normalized spacial score (nSPS) is 17.3. The molecule has 116 valence electrons. The van der Waals surface area contributed by atoms with Crippen molar-refractivity contribution in [1.82, 2.24) is 9.80 Å². The van der Waals surface area contributed by atoms with E-state index in [1.165, 1.54) is 18.2 Å². The third kappa shape index (κ3) is 4.02. The van der Waals surface area contributed by atoms with Gasteiger partial charge in [0.05, 0.1) is 5.56 Å². The van der Waals surface area contributed by atoms with Crippen LogP contribution in [0.2, 0.25) is 0 Å². The van der Waals surface area contributed by atoms with Crippen molar-refractivity contribution in [2.24, 2.45) is 0 Å². The van der Waals surface area contributed by atoms with Gasteiger partial charge in [0, 0.05) is 18.2 Å². The maximum Gasteiger partial charge on any atom is 0.335 e. The molecule has 1 aliphatic rings. The Hall–Kier alpha value is -1.46. The van der Waals surface area contributed by atoms with E-state index in [1.54, 1.807) is 0 Å². The monoisotopic (exact) mass is 294 g/mol. The lowest BCUT2D eigenvalue weighted by Crippen LogP contribution is -2.43. The van der Waals surface area contributed by atoms with E-state index in [0.29, 0.717) is 18.2 Å². The minimum absolute atomic E-state index is 0.139. The molecule has 1 aromatic carbocycles. The Bertz CT molecular complexity index is 499. The van der Waals surface area contributed by atoms with Crippen molar-refractivity contribution in [3.05, 3.63) is 35.1 Å². The number of carbonyl (C=O) groups is 1. The summed E-state index contributed by atoms with van der Waals surface area (Å²) in [7, 11) is 1.99. The zero-order valence-electron chi connectivity index (χ0n) is 12.7. The van der Waals surface area contributed by atoms with Gasteiger partial charge in [-0.3, -0.25) is 4.90 Å². The van der Waals surface area contributed by atoms with E-state index in [4.69, 9.17) is 5.11 Å². The lowest BCUT2D eigenvalue weighted by Gasteiger charge is -2.36. The summed E-state index contributed by atoms with van der Waals surface area (Å²) in [5.41, 5.74) is 0.593. The second kappa shape index (κ2) is 7.00. The van der Waals surface area contributed by atoms with Crippen LogP contribution in [0.4, 0.5) is 4.39 Å². The number of hydrogen-bond donors (Lipinski definition) is 1. The fraction of sp³-hybridized carbons (Fsp3) is 0.562. The molecule has 0 amide bonds. The van der Waals surface area contributed by atoms with Crippen LogP contribution in [0.25, 0.3) is 0 Å². The summed E-state index contributed by atoms with van der Waals surface area (Å²) in [4.78, 5) is 15.5. The van der Waals surface area contributed by atoms with E-state index < -0.39 is 5.97 Å². The van der Waals surface area contributed by atoms with Crippen LogP contribution >= 0.6 is 0 Å². The van der Waals surface area contributed by atoms with Crippen molar-refractivity contribution in [2.45, 2.75) is 32.4 Å². The lowest BCUT2D eigenvalue weighted by atomic mass is 10.0. The molecule has 0 radical (unpaired) electrons. The van der Waals surface area contributed by atoms with Crippen molar-refractivity contribution in [3.63, 3.8) is 0 Å². The number of aromatic carboxylic acids is 1. The molecule has 0 unspecified atom stereocenters. The van der Waals surface area contributed by atoms with Gasteiger partial charge in [-0.1, -0.05) is 6.92 Å². The van der Waals surface area contributed by atoms with Gasteiger partial charge >= 0.3 is 5.97 Å². The molecule has 0 atom stereocenters. The first kappa shape index (κ1) is 15.9. The summed E-state index contributed by atoms with van der Waals surface area (Å²) >= 11 is 0. The van der Waals surface area contributed by atoms with Gasteiger partial charge in [-0.2, -0.15) is 0 Å². The van der Waals surface area contributed by atoms with Gasteiger partial charge < -0.3 is 10.0 Å². The molecule has 0 aromatic heterocycles. The Kier molecular flexibility index (Phi) is 5.31. The first-order valence-corrected chi connectivity index (χ1v) is 7.45. The predicted molar refractivity (Wildman–Crippen MR) is 80.0 cm³/mol. The molecule has 4 nitrogen and oxygen atoms in total. The predicted octanol–water partition coefficient (Wildman–Crippen LogP) is 2.44. The van der Waals surface area contributed by atoms with Crippen molar-refractivity contribution in [1.29, 1.82) is 0 Å². The fourth-order valence-electron chi connectivity index (χ4n) is 2.90.